The Labute approximate surface area is 123 Å². The Hall–Kier alpha value is -2.24. The Bertz CT molecular complexity index is 547. The van der Waals surface area contributed by atoms with Crippen molar-refractivity contribution >= 4 is 5.97 Å². The first kappa shape index (κ1) is 16.8. The largest absolute Gasteiger partial charge is 0.496 e. The summed E-state index contributed by atoms with van der Waals surface area (Å²) in [6, 6.07) is 5.26. The molecule has 1 N–H and O–H groups in total. The lowest BCUT2D eigenvalue weighted by molar-refractivity contribution is -0.159. The number of esters is 1. The van der Waals surface area contributed by atoms with Crippen molar-refractivity contribution < 1.29 is 19.4 Å². The third kappa shape index (κ3) is 4.66. The summed E-state index contributed by atoms with van der Waals surface area (Å²) in [6.07, 6.45) is -1.35. The highest BCUT2D eigenvalue weighted by atomic mass is 16.6. The van der Waals surface area contributed by atoms with E-state index in [1.807, 2.05) is 0 Å². The number of hydrogen-bond acceptors (Lipinski definition) is 5. The predicted molar refractivity (Wildman–Crippen MR) is 76.7 cm³/mol. The van der Waals surface area contributed by atoms with Crippen LogP contribution in [0, 0.1) is 0 Å². The molecule has 0 amide bonds. The lowest BCUT2D eigenvalue weighted by atomic mass is 10.0. The van der Waals surface area contributed by atoms with Gasteiger partial charge in [-0.3, -0.25) is 4.79 Å². The highest BCUT2D eigenvalue weighted by molar-refractivity contribution is 5.77. The zero-order valence-electron chi connectivity index (χ0n) is 12.5. The molecule has 0 bridgehead atoms. The van der Waals surface area contributed by atoms with E-state index in [9.17, 15) is 9.90 Å². The van der Waals surface area contributed by atoms with Gasteiger partial charge < -0.3 is 14.6 Å². The van der Waals surface area contributed by atoms with Crippen LogP contribution in [0.5, 0.6) is 5.75 Å². The second-order valence-electron chi connectivity index (χ2n) is 5.37. The Morgan fingerprint density at radius 1 is 1.38 bits per heavy atom. The number of ether oxygens (including phenoxy) is 2. The van der Waals surface area contributed by atoms with Gasteiger partial charge in [0.15, 0.2) is 6.04 Å². The van der Waals surface area contributed by atoms with Gasteiger partial charge in [0.05, 0.1) is 7.11 Å². The van der Waals surface area contributed by atoms with E-state index >= 15 is 0 Å². The molecule has 0 spiro atoms. The van der Waals surface area contributed by atoms with Crippen molar-refractivity contribution in [1.29, 1.82) is 0 Å². The zero-order valence-corrected chi connectivity index (χ0v) is 12.5. The molecule has 0 heterocycles. The standard InChI is InChI=1S/C14H19N3O4/c1-14(2,3)21-13(19)11(16-17-15)12(18)9-7-5-6-8-10(9)20-4/h5-8,11-12,18H,1-4H3/t11-,12+/m0/s1. The monoisotopic (exact) mass is 293 g/mol. The molecule has 7 heteroatoms. The van der Waals surface area contributed by atoms with Crippen LogP contribution in [0.25, 0.3) is 10.4 Å². The fourth-order valence-electron chi connectivity index (χ4n) is 1.74. The number of carbonyl (C=O) groups is 1. The van der Waals surface area contributed by atoms with Gasteiger partial charge in [-0.1, -0.05) is 23.3 Å². The van der Waals surface area contributed by atoms with Crippen LogP contribution in [0.3, 0.4) is 0 Å². The SMILES string of the molecule is COc1ccccc1[C@@H](O)[C@H](N=[N+]=[N-])C(=O)OC(C)(C)C. The molecular weight excluding hydrogens is 274 g/mol. The lowest BCUT2D eigenvalue weighted by Gasteiger charge is -2.25. The molecule has 7 nitrogen and oxygen atoms in total. The Morgan fingerprint density at radius 2 is 2.00 bits per heavy atom. The topological polar surface area (TPSA) is 105 Å². The Morgan fingerprint density at radius 3 is 2.52 bits per heavy atom. The predicted octanol–water partition coefficient (Wildman–Crippen LogP) is 2.75. The summed E-state index contributed by atoms with van der Waals surface area (Å²) in [6.45, 7) is 5.06. The van der Waals surface area contributed by atoms with Crippen molar-refractivity contribution in [3.05, 3.63) is 40.3 Å². The van der Waals surface area contributed by atoms with Crippen molar-refractivity contribution in [3.63, 3.8) is 0 Å². The van der Waals surface area contributed by atoms with Crippen LogP contribution in [0.2, 0.25) is 0 Å². The number of carbonyl (C=O) groups excluding carboxylic acids is 1. The maximum absolute atomic E-state index is 12.1. The smallest absolute Gasteiger partial charge is 0.318 e. The van der Waals surface area contributed by atoms with E-state index in [4.69, 9.17) is 15.0 Å². The molecule has 0 aliphatic rings. The molecule has 0 aliphatic carbocycles. The van der Waals surface area contributed by atoms with Gasteiger partial charge in [0.1, 0.15) is 17.5 Å². The molecule has 2 atom stereocenters. The summed E-state index contributed by atoms with van der Waals surface area (Å²) < 4.78 is 10.3. The molecule has 114 valence electrons. The number of methoxy groups -OCH3 is 1. The Balaban J connectivity index is 3.10. The fraction of sp³-hybridized carbons (Fsp3) is 0.500. The summed E-state index contributed by atoms with van der Waals surface area (Å²) >= 11 is 0. The highest BCUT2D eigenvalue weighted by Gasteiger charge is 2.32. The minimum atomic E-state index is -1.38. The van der Waals surface area contributed by atoms with Crippen LogP contribution < -0.4 is 4.74 Å². The second-order valence-corrected chi connectivity index (χ2v) is 5.37. The summed E-state index contributed by atoms with van der Waals surface area (Å²) in [5.74, 6) is -0.398. The molecule has 0 saturated heterocycles. The van der Waals surface area contributed by atoms with Crippen LogP contribution in [-0.2, 0) is 9.53 Å². The third-order valence-corrected chi connectivity index (χ3v) is 2.58. The van der Waals surface area contributed by atoms with Crippen LogP contribution in [0.4, 0.5) is 0 Å². The average Bonchev–Trinajstić information content (AvgIpc) is 2.42. The number of azide groups is 1. The maximum atomic E-state index is 12.1. The van der Waals surface area contributed by atoms with Crippen molar-refractivity contribution in [2.45, 2.75) is 38.5 Å². The molecule has 21 heavy (non-hydrogen) atoms. The minimum absolute atomic E-state index is 0.350. The fourth-order valence-corrected chi connectivity index (χ4v) is 1.74. The van der Waals surface area contributed by atoms with E-state index in [0.717, 1.165) is 0 Å². The molecule has 0 unspecified atom stereocenters. The van der Waals surface area contributed by atoms with E-state index in [2.05, 4.69) is 10.0 Å². The normalized spacial score (nSPS) is 13.8. The van der Waals surface area contributed by atoms with Gasteiger partial charge in [0, 0.05) is 10.5 Å². The second kappa shape index (κ2) is 6.97. The van der Waals surface area contributed by atoms with Crippen molar-refractivity contribution in [2.24, 2.45) is 5.11 Å². The van der Waals surface area contributed by atoms with E-state index < -0.39 is 23.7 Å². The number of nitrogens with zero attached hydrogens (tertiary/aromatic N) is 3. The van der Waals surface area contributed by atoms with Gasteiger partial charge in [-0.2, -0.15) is 0 Å². The van der Waals surface area contributed by atoms with E-state index in [0.29, 0.717) is 11.3 Å². The molecule has 0 aliphatic heterocycles. The van der Waals surface area contributed by atoms with Crippen LogP contribution in [0.1, 0.15) is 32.4 Å². The number of aliphatic hydroxyl groups is 1. The summed E-state index contributed by atoms with van der Waals surface area (Å²) in [7, 11) is 1.45. The molecule has 0 aromatic heterocycles. The Kier molecular flexibility index (Phi) is 5.58. The van der Waals surface area contributed by atoms with Gasteiger partial charge in [-0.25, -0.2) is 0 Å². The number of para-hydroxylation sites is 1. The van der Waals surface area contributed by atoms with E-state index in [1.165, 1.54) is 7.11 Å². The van der Waals surface area contributed by atoms with Crippen LogP contribution >= 0.6 is 0 Å². The van der Waals surface area contributed by atoms with E-state index in [-0.39, 0.29) is 0 Å². The molecule has 0 fully saturated rings. The van der Waals surface area contributed by atoms with Gasteiger partial charge in [0.2, 0.25) is 0 Å². The van der Waals surface area contributed by atoms with Crippen LogP contribution in [0.15, 0.2) is 29.4 Å². The minimum Gasteiger partial charge on any atom is -0.496 e. The van der Waals surface area contributed by atoms with Gasteiger partial charge >= 0.3 is 5.97 Å². The average molecular weight is 293 g/mol. The highest BCUT2D eigenvalue weighted by Crippen LogP contribution is 2.29. The molecule has 1 aromatic carbocycles. The van der Waals surface area contributed by atoms with Crippen molar-refractivity contribution in [3.8, 4) is 5.75 Å². The number of aliphatic hydroxyl groups excluding tert-OH is 1. The van der Waals surface area contributed by atoms with Crippen LogP contribution in [-0.4, -0.2) is 29.8 Å². The van der Waals surface area contributed by atoms with Crippen molar-refractivity contribution in [1.82, 2.24) is 0 Å². The van der Waals surface area contributed by atoms with Gasteiger partial charge in [0.25, 0.3) is 0 Å². The summed E-state index contributed by atoms with van der Waals surface area (Å²) in [4.78, 5) is 14.7. The molecule has 0 saturated carbocycles. The summed E-state index contributed by atoms with van der Waals surface area (Å²) in [5, 5.41) is 13.7. The van der Waals surface area contributed by atoms with Gasteiger partial charge in [-0.15, -0.1) is 0 Å². The first-order chi connectivity index (χ1) is 9.80. The third-order valence-electron chi connectivity index (χ3n) is 2.58. The molecule has 0 radical (unpaired) electrons. The maximum Gasteiger partial charge on any atom is 0.318 e. The van der Waals surface area contributed by atoms with E-state index in [1.54, 1.807) is 45.0 Å². The number of benzene rings is 1. The summed E-state index contributed by atoms with van der Waals surface area (Å²) in [5.41, 5.74) is 8.22. The first-order valence-corrected chi connectivity index (χ1v) is 6.38. The molecular formula is C14H19N3O4. The quantitative estimate of drug-likeness (QED) is 0.390. The number of rotatable bonds is 5. The first-order valence-electron chi connectivity index (χ1n) is 6.38. The van der Waals surface area contributed by atoms with Gasteiger partial charge in [-0.05, 0) is 32.4 Å². The molecule has 1 aromatic rings. The number of hydrogen-bond donors (Lipinski definition) is 1. The lowest BCUT2D eigenvalue weighted by Crippen LogP contribution is -2.34. The zero-order chi connectivity index (χ0) is 16.0. The van der Waals surface area contributed by atoms with Crippen molar-refractivity contribution in [2.75, 3.05) is 7.11 Å². The molecule has 1 rings (SSSR count).